The number of nitrogens with one attached hydrogen (secondary N) is 1. The fourth-order valence-electron chi connectivity index (χ4n) is 4.13. The van der Waals surface area contributed by atoms with Crippen molar-refractivity contribution < 1.29 is 19.4 Å². The van der Waals surface area contributed by atoms with Crippen LogP contribution in [0.3, 0.4) is 0 Å². The van der Waals surface area contributed by atoms with E-state index in [9.17, 15) is 14.7 Å². The molecule has 154 valence electrons. The first-order valence-electron chi connectivity index (χ1n) is 10.0. The second-order valence-electron chi connectivity index (χ2n) is 7.74. The fourth-order valence-corrected chi connectivity index (χ4v) is 4.13. The monoisotopic (exact) mass is 398 g/mol. The van der Waals surface area contributed by atoms with E-state index in [0.717, 1.165) is 31.6 Å². The summed E-state index contributed by atoms with van der Waals surface area (Å²) in [6, 6.07) is 9.58. The summed E-state index contributed by atoms with van der Waals surface area (Å²) in [6.07, 6.45) is 0.876. The highest BCUT2D eigenvalue weighted by Crippen LogP contribution is 2.31. The molecule has 0 saturated carbocycles. The Labute approximate surface area is 169 Å². The Bertz CT molecular complexity index is 890. The first kappa shape index (κ1) is 19.4. The van der Waals surface area contributed by atoms with Gasteiger partial charge in [-0.25, -0.2) is 9.78 Å². The first-order chi connectivity index (χ1) is 14.0. The molecule has 8 heteroatoms. The molecular weight excluding hydrogens is 372 g/mol. The molecular formula is C21H26N4O4. The van der Waals surface area contributed by atoms with Crippen molar-refractivity contribution in [2.75, 3.05) is 26.3 Å². The van der Waals surface area contributed by atoms with E-state index in [1.165, 1.54) is 4.90 Å². The van der Waals surface area contributed by atoms with Gasteiger partial charge in [-0.05, 0) is 25.7 Å². The van der Waals surface area contributed by atoms with Crippen LogP contribution in [-0.4, -0.2) is 57.9 Å². The molecule has 29 heavy (non-hydrogen) atoms. The predicted octanol–water partition coefficient (Wildman–Crippen LogP) is 2.76. The van der Waals surface area contributed by atoms with E-state index in [1.807, 2.05) is 41.8 Å². The standard InChI is InChI=1S/C21H26N4O4/c1-14-12-24(21(27)28)13-17-18(20(26)22-11-15-7-9-29-10-8-15)23-19(25(14)17)16-5-3-2-4-6-16/h2-6,14-15H,7-13H2,1H3,(H,22,26)(H,27,28). The molecule has 1 aromatic carbocycles. The van der Waals surface area contributed by atoms with Crippen molar-refractivity contribution in [1.82, 2.24) is 19.8 Å². The largest absolute Gasteiger partial charge is 0.465 e. The zero-order valence-electron chi connectivity index (χ0n) is 16.5. The molecule has 0 radical (unpaired) electrons. The van der Waals surface area contributed by atoms with E-state index in [-0.39, 0.29) is 18.5 Å². The number of imidazole rings is 1. The van der Waals surface area contributed by atoms with E-state index >= 15 is 0 Å². The Morgan fingerprint density at radius 1 is 1.24 bits per heavy atom. The molecule has 1 atom stereocenters. The van der Waals surface area contributed by atoms with Crippen molar-refractivity contribution in [3.05, 3.63) is 41.7 Å². The molecule has 2 aromatic rings. The quantitative estimate of drug-likeness (QED) is 0.826. The molecule has 0 bridgehead atoms. The number of rotatable bonds is 4. The molecule has 1 saturated heterocycles. The van der Waals surface area contributed by atoms with Gasteiger partial charge < -0.3 is 24.6 Å². The van der Waals surface area contributed by atoms with Gasteiger partial charge in [0.1, 0.15) is 5.82 Å². The summed E-state index contributed by atoms with van der Waals surface area (Å²) in [6.45, 7) is 4.50. The fraction of sp³-hybridized carbons (Fsp3) is 0.476. The number of amides is 2. The number of hydrogen-bond acceptors (Lipinski definition) is 4. The van der Waals surface area contributed by atoms with E-state index in [0.29, 0.717) is 36.2 Å². The minimum atomic E-state index is -0.987. The number of nitrogens with zero attached hydrogens (tertiary/aromatic N) is 3. The number of hydrogen-bond donors (Lipinski definition) is 2. The Balaban J connectivity index is 1.65. The van der Waals surface area contributed by atoms with Crippen LogP contribution in [0.15, 0.2) is 30.3 Å². The van der Waals surface area contributed by atoms with E-state index in [4.69, 9.17) is 4.74 Å². The van der Waals surface area contributed by atoms with Crippen molar-refractivity contribution in [3.8, 4) is 11.4 Å². The first-order valence-corrected chi connectivity index (χ1v) is 10.0. The summed E-state index contributed by atoms with van der Waals surface area (Å²) in [5.41, 5.74) is 1.87. The topological polar surface area (TPSA) is 96.7 Å². The average Bonchev–Trinajstić information content (AvgIpc) is 3.14. The maximum atomic E-state index is 13.0. The molecule has 2 aliphatic rings. The minimum Gasteiger partial charge on any atom is -0.465 e. The molecule has 2 amide bonds. The molecule has 2 N–H and O–H groups in total. The molecule has 3 heterocycles. The van der Waals surface area contributed by atoms with Gasteiger partial charge >= 0.3 is 6.09 Å². The highest BCUT2D eigenvalue weighted by atomic mass is 16.5. The van der Waals surface area contributed by atoms with Gasteiger partial charge in [0.25, 0.3) is 5.91 Å². The summed E-state index contributed by atoms with van der Waals surface area (Å²) in [7, 11) is 0. The number of carbonyl (C=O) groups excluding carboxylic acids is 1. The second kappa shape index (κ2) is 8.24. The van der Waals surface area contributed by atoms with Crippen molar-refractivity contribution in [2.24, 2.45) is 5.92 Å². The molecule has 1 aromatic heterocycles. The summed E-state index contributed by atoms with van der Waals surface area (Å²) in [4.78, 5) is 30.6. The molecule has 0 aliphatic carbocycles. The van der Waals surface area contributed by atoms with Crippen molar-refractivity contribution in [1.29, 1.82) is 0 Å². The van der Waals surface area contributed by atoms with E-state index in [2.05, 4.69) is 10.3 Å². The molecule has 8 nitrogen and oxygen atoms in total. The summed E-state index contributed by atoms with van der Waals surface area (Å²) in [5.74, 6) is 0.852. The van der Waals surface area contributed by atoms with Crippen LogP contribution >= 0.6 is 0 Å². The van der Waals surface area contributed by atoms with Gasteiger partial charge in [0.15, 0.2) is 5.69 Å². The lowest BCUT2D eigenvalue weighted by Gasteiger charge is -2.32. The van der Waals surface area contributed by atoms with Gasteiger partial charge in [-0.2, -0.15) is 0 Å². The van der Waals surface area contributed by atoms with Crippen LogP contribution in [0.4, 0.5) is 4.79 Å². The predicted molar refractivity (Wildman–Crippen MR) is 107 cm³/mol. The van der Waals surface area contributed by atoms with Gasteiger partial charge in [0.2, 0.25) is 0 Å². The Hall–Kier alpha value is -2.87. The Morgan fingerprint density at radius 2 is 1.97 bits per heavy atom. The normalized spacial score (nSPS) is 19.6. The zero-order chi connectivity index (χ0) is 20.4. The highest BCUT2D eigenvalue weighted by molar-refractivity contribution is 5.94. The molecule has 4 rings (SSSR count). The van der Waals surface area contributed by atoms with Crippen LogP contribution in [0, 0.1) is 5.92 Å². The van der Waals surface area contributed by atoms with Gasteiger partial charge in [0, 0.05) is 31.9 Å². The highest BCUT2D eigenvalue weighted by Gasteiger charge is 2.33. The molecule has 2 aliphatic heterocycles. The van der Waals surface area contributed by atoms with E-state index in [1.54, 1.807) is 0 Å². The van der Waals surface area contributed by atoms with Crippen molar-refractivity contribution in [3.63, 3.8) is 0 Å². The number of fused-ring (bicyclic) bond motifs is 1. The van der Waals surface area contributed by atoms with Gasteiger partial charge in [-0.15, -0.1) is 0 Å². The molecule has 0 spiro atoms. The smallest absolute Gasteiger partial charge is 0.407 e. The van der Waals surface area contributed by atoms with Gasteiger partial charge in [-0.3, -0.25) is 4.79 Å². The average molecular weight is 398 g/mol. The maximum Gasteiger partial charge on any atom is 0.407 e. The zero-order valence-corrected chi connectivity index (χ0v) is 16.5. The van der Waals surface area contributed by atoms with Crippen LogP contribution < -0.4 is 5.32 Å². The Kier molecular flexibility index (Phi) is 5.53. The minimum absolute atomic E-state index is 0.116. The van der Waals surface area contributed by atoms with E-state index < -0.39 is 6.09 Å². The number of ether oxygens (including phenoxy) is 1. The van der Waals surface area contributed by atoms with Crippen molar-refractivity contribution in [2.45, 2.75) is 32.4 Å². The van der Waals surface area contributed by atoms with Crippen LogP contribution in [0.5, 0.6) is 0 Å². The SMILES string of the molecule is CC1CN(C(=O)O)Cc2c(C(=O)NCC3CCOCC3)nc(-c3ccccc3)n21. The molecule has 1 unspecified atom stereocenters. The summed E-state index contributed by atoms with van der Waals surface area (Å²) in [5, 5.41) is 12.5. The summed E-state index contributed by atoms with van der Waals surface area (Å²) < 4.78 is 7.39. The van der Waals surface area contributed by atoms with Crippen LogP contribution in [0.2, 0.25) is 0 Å². The third-order valence-electron chi connectivity index (χ3n) is 5.69. The molecule has 1 fully saturated rings. The number of aromatic nitrogens is 2. The maximum absolute atomic E-state index is 13.0. The third-order valence-corrected chi connectivity index (χ3v) is 5.69. The summed E-state index contributed by atoms with van der Waals surface area (Å²) >= 11 is 0. The lowest BCUT2D eigenvalue weighted by Crippen LogP contribution is -2.40. The van der Waals surface area contributed by atoms with Crippen LogP contribution in [0.1, 0.15) is 42.0 Å². The number of carbonyl (C=O) groups is 2. The van der Waals surface area contributed by atoms with Crippen molar-refractivity contribution >= 4 is 12.0 Å². The van der Waals surface area contributed by atoms with Crippen LogP contribution in [-0.2, 0) is 11.3 Å². The van der Waals surface area contributed by atoms with Gasteiger partial charge in [0.05, 0.1) is 18.3 Å². The third kappa shape index (κ3) is 3.98. The number of benzene rings is 1. The van der Waals surface area contributed by atoms with Gasteiger partial charge in [-0.1, -0.05) is 30.3 Å². The number of carboxylic acid groups (broad SMARTS) is 1. The second-order valence-corrected chi connectivity index (χ2v) is 7.74. The van der Waals surface area contributed by atoms with Crippen LogP contribution in [0.25, 0.3) is 11.4 Å². The Morgan fingerprint density at radius 3 is 2.66 bits per heavy atom. The lowest BCUT2D eigenvalue weighted by atomic mass is 10.0. The lowest BCUT2D eigenvalue weighted by molar-refractivity contribution is 0.0641.